The second-order valence-electron chi connectivity index (χ2n) is 7.49. The van der Waals surface area contributed by atoms with Crippen LogP contribution in [0.5, 0.6) is 0 Å². The van der Waals surface area contributed by atoms with Crippen molar-refractivity contribution in [2.24, 2.45) is 0 Å². The topological polar surface area (TPSA) is 52.6 Å². The highest BCUT2D eigenvalue weighted by molar-refractivity contribution is 5.99. The summed E-state index contributed by atoms with van der Waals surface area (Å²) in [5.41, 5.74) is 1.05. The van der Waals surface area contributed by atoms with Crippen molar-refractivity contribution in [3.05, 3.63) is 47.5 Å². The number of carbonyl (C=O) groups is 2. The molecule has 0 N–H and O–H groups in total. The number of hydrogen-bond acceptors (Lipinski definition) is 4. The van der Waals surface area contributed by atoms with Crippen LogP contribution in [0.1, 0.15) is 86.9 Å². The highest BCUT2D eigenvalue weighted by atomic mass is 16.5. The van der Waals surface area contributed by atoms with Gasteiger partial charge in [-0.05, 0) is 61.7 Å². The minimum Gasteiger partial charge on any atom is -0.459 e. The van der Waals surface area contributed by atoms with Crippen LogP contribution >= 0.6 is 0 Å². The summed E-state index contributed by atoms with van der Waals surface area (Å²) in [6.45, 7) is 8.09. The predicted molar refractivity (Wildman–Crippen MR) is 113 cm³/mol. The van der Waals surface area contributed by atoms with Gasteiger partial charge in [-0.3, -0.25) is 0 Å². The van der Waals surface area contributed by atoms with Gasteiger partial charge in [-0.2, -0.15) is 0 Å². The van der Waals surface area contributed by atoms with Gasteiger partial charge in [0.05, 0.1) is 23.3 Å². The van der Waals surface area contributed by atoms with Crippen molar-refractivity contribution in [2.75, 3.05) is 0 Å². The molecular formula is C24H32O4. The minimum atomic E-state index is -0.307. The van der Waals surface area contributed by atoms with Crippen molar-refractivity contribution in [1.29, 1.82) is 0 Å². The molecule has 2 atom stereocenters. The number of esters is 2. The summed E-state index contributed by atoms with van der Waals surface area (Å²) in [6, 6.07) is 10.8. The molecule has 2 unspecified atom stereocenters. The maximum Gasteiger partial charge on any atom is 0.338 e. The quantitative estimate of drug-likeness (QED) is 0.450. The third kappa shape index (κ3) is 6.36. The van der Waals surface area contributed by atoms with Crippen molar-refractivity contribution < 1.29 is 19.1 Å². The molecule has 0 aliphatic rings. The highest BCUT2D eigenvalue weighted by Gasteiger charge is 2.15. The first kappa shape index (κ1) is 21.9. The summed E-state index contributed by atoms with van der Waals surface area (Å²) in [5.74, 6) is -0.613. The molecule has 0 amide bonds. The average molecular weight is 385 g/mol. The van der Waals surface area contributed by atoms with Crippen LogP contribution in [0.25, 0.3) is 10.8 Å². The lowest BCUT2D eigenvalue weighted by Crippen LogP contribution is -2.15. The zero-order valence-electron chi connectivity index (χ0n) is 17.5. The fourth-order valence-electron chi connectivity index (χ4n) is 3.10. The van der Waals surface area contributed by atoms with E-state index in [4.69, 9.17) is 9.47 Å². The van der Waals surface area contributed by atoms with Gasteiger partial charge < -0.3 is 9.47 Å². The van der Waals surface area contributed by atoms with E-state index < -0.39 is 0 Å². The van der Waals surface area contributed by atoms with Gasteiger partial charge in [0.15, 0.2) is 0 Å². The van der Waals surface area contributed by atoms with Gasteiger partial charge in [0.2, 0.25) is 0 Å². The summed E-state index contributed by atoms with van der Waals surface area (Å²) >= 11 is 0. The number of rotatable bonds is 10. The Bertz CT molecular complexity index is 729. The van der Waals surface area contributed by atoms with E-state index in [1.807, 2.05) is 38.1 Å². The van der Waals surface area contributed by atoms with E-state index in [1.165, 1.54) is 0 Å². The molecule has 4 nitrogen and oxygen atoms in total. The van der Waals surface area contributed by atoms with Crippen molar-refractivity contribution >= 4 is 22.7 Å². The smallest absolute Gasteiger partial charge is 0.338 e. The number of benzene rings is 2. The third-order valence-corrected chi connectivity index (χ3v) is 4.86. The molecule has 0 radical (unpaired) electrons. The first-order valence-corrected chi connectivity index (χ1v) is 10.4. The molecule has 0 spiro atoms. The first-order chi connectivity index (χ1) is 13.4. The average Bonchev–Trinajstić information content (AvgIpc) is 2.69. The molecule has 0 saturated carbocycles. The Morgan fingerprint density at radius 3 is 1.50 bits per heavy atom. The summed E-state index contributed by atoms with van der Waals surface area (Å²) in [4.78, 5) is 24.7. The normalized spacial score (nSPS) is 13.1. The number of unbranched alkanes of at least 4 members (excludes halogenated alkanes) is 2. The standard InChI is InChI=1S/C24H32O4/c1-5-7-9-17(3)27-23(25)21-13-11-20-16-22(14-12-19(20)15-21)24(26)28-18(4)10-8-6-2/h11-18H,5-10H2,1-4H3. The van der Waals surface area contributed by atoms with Gasteiger partial charge in [0.25, 0.3) is 0 Å². The maximum absolute atomic E-state index is 12.3. The molecule has 2 aromatic carbocycles. The maximum atomic E-state index is 12.3. The van der Waals surface area contributed by atoms with Crippen molar-refractivity contribution in [1.82, 2.24) is 0 Å². The van der Waals surface area contributed by atoms with E-state index in [0.29, 0.717) is 11.1 Å². The summed E-state index contributed by atoms with van der Waals surface area (Å²) < 4.78 is 11.0. The zero-order valence-corrected chi connectivity index (χ0v) is 17.5. The zero-order chi connectivity index (χ0) is 20.5. The van der Waals surface area contributed by atoms with Crippen LogP contribution in [-0.2, 0) is 9.47 Å². The molecule has 0 aromatic heterocycles. The first-order valence-electron chi connectivity index (χ1n) is 10.4. The predicted octanol–water partition coefficient (Wildman–Crippen LogP) is 6.31. The van der Waals surface area contributed by atoms with Crippen molar-refractivity contribution in [2.45, 2.75) is 78.4 Å². The van der Waals surface area contributed by atoms with E-state index in [9.17, 15) is 9.59 Å². The Morgan fingerprint density at radius 1 is 0.750 bits per heavy atom. The molecule has 0 bridgehead atoms. The molecule has 0 aliphatic carbocycles. The van der Waals surface area contributed by atoms with E-state index in [-0.39, 0.29) is 24.1 Å². The Kier molecular flexibility index (Phi) is 8.49. The van der Waals surface area contributed by atoms with Crippen LogP contribution in [0.4, 0.5) is 0 Å². The molecule has 2 rings (SSSR count). The Morgan fingerprint density at radius 2 is 1.14 bits per heavy atom. The van der Waals surface area contributed by atoms with Crippen molar-refractivity contribution in [3.8, 4) is 0 Å². The molecule has 0 heterocycles. The molecule has 0 aliphatic heterocycles. The van der Waals surface area contributed by atoms with Crippen molar-refractivity contribution in [3.63, 3.8) is 0 Å². The van der Waals surface area contributed by atoms with Gasteiger partial charge in [-0.15, -0.1) is 0 Å². The third-order valence-electron chi connectivity index (χ3n) is 4.86. The number of hydrogen-bond donors (Lipinski definition) is 0. The lowest BCUT2D eigenvalue weighted by Gasteiger charge is -2.14. The molecule has 2 aromatic rings. The van der Waals surface area contributed by atoms with E-state index >= 15 is 0 Å². The second-order valence-corrected chi connectivity index (χ2v) is 7.49. The fraction of sp³-hybridized carbons (Fsp3) is 0.500. The monoisotopic (exact) mass is 384 g/mol. The largest absolute Gasteiger partial charge is 0.459 e. The molecule has 4 heteroatoms. The molecule has 0 fully saturated rings. The second kappa shape index (κ2) is 10.8. The minimum absolute atomic E-state index is 0.0880. The Labute approximate surface area is 168 Å². The van der Waals surface area contributed by atoms with Gasteiger partial charge in [0.1, 0.15) is 0 Å². The van der Waals surface area contributed by atoms with Crippen LogP contribution in [0.15, 0.2) is 36.4 Å². The summed E-state index contributed by atoms with van der Waals surface area (Å²) in [5, 5.41) is 1.79. The molecule has 0 saturated heterocycles. The van der Waals surface area contributed by atoms with E-state index in [2.05, 4.69) is 13.8 Å². The van der Waals surface area contributed by atoms with Gasteiger partial charge >= 0.3 is 11.9 Å². The SMILES string of the molecule is CCCCC(C)OC(=O)c1ccc2cc(C(=O)OC(C)CCCC)ccc2c1. The molecule has 28 heavy (non-hydrogen) atoms. The molecular weight excluding hydrogens is 352 g/mol. The van der Waals surface area contributed by atoms with Crippen LogP contribution < -0.4 is 0 Å². The van der Waals surface area contributed by atoms with E-state index in [1.54, 1.807) is 12.1 Å². The molecule has 152 valence electrons. The Balaban J connectivity index is 2.07. The lowest BCUT2D eigenvalue weighted by atomic mass is 10.0. The van der Waals surface area contributed by atoms with Gasteiger partial charge in [0, 0.05) is 0 Å². The van der Waals surface area contributed by atoms with Gasteiger partial charge in [-0.1, -0.05) is 51.7 Å². The van der Waals surface area contributed by atoms with Crippen LogP contribution in [0.2, 0.25) is 0 Å². The van der Waals surface area contributed by atoms with E-state index in [0.717, 1.165) is 49.3 Å². The summed E-state index contributed by atoms with van der Waals surface area (Å²) in [7, 11) is 0. The number of ether oxygens (including phenoxy) is 2. The van der Waals surface area contributed by atoms with Gasteiger partial charge in [-0.25, -0.2) is 9.59 Å². The number of carbonyl (C=O) groups excluding carboxylic acids is 2. The van der Waals surface area contributed by atoms with Crippen LogP contribution in [0.3, 0.4) is 0 Å². The number of fused-ring (bicyclic) bond motifs is 1. The highest BCUT2D eigenvalue weighted by Crippen LogP contribution is 2.20. The lowest BCUT2D eigenvalue weighted by molar-refractivity contribution is 0.0310. The van der Waals surface area contributed by atoms with Crippen LogP contribution in [-0.4, -0.2) is 24.1 Å². The fourth-order valence-corrected chi connectivity index (χ4v) is 3.10. The Hall–Kier alpha value is -2.36. The van der Waals surface area contributed by atoms with Crippen LogP contribution in [0, 0.1) is 0 Å². The summed E-state index contributed by atoms with van der Waals surface area (Å²) in [6.07, 6.45) is 5.82.